The quantitative estimate of drug-likeness (QED) is 0.560. The maximum Gasteiger partial charge on any atom is 0.146 e. The molecule has 0 radical (unpaired) electrons. The van der Waals surface area contributed by atoms with Crippen LogP contribution in [0.25, 0.3) is 0 Å². The first-order chi connectivity index (χ1) is 5.52. The molecule has 5 heteroatoms. The molecule has 0 saturated carbocycles. The summed E-state index contributed by atoms with van der Waals surface area (Å²) in [5.74, 6) is 0.118. The predicted molar refractivity (Wildman–Crippen MR) is 55.7 cm³/mol. The van der Waals surface area contributed by atoms with Crippen LogP contribution in [-0.2, 0) is 0 Å². The van der Waals surface area contributed by atoms with Crippen molar-refractivity contribution in [2.45, 2.75) is 0 Å². The summed E-state index contributed by atoms with van der Waals surface area (Å²) in [7, 11) is 3.65. The third kappa shape index (κ3) is 7.14. The van der Waals surface area contributed by atoms with Gasteiger partial charge in [0.05, 0.1) is 11.0 Å². The highest BCUT2D eigenvalue weighted by molar-refractivity contribution is 9.18. The van der Waals surface area contributed by atoms with Crippen LogP contribution < -0.4 is 0 Å². The van der Waals surface area contributed by atoms with Gasteiger partial charge in [0.2, 0.25) is 0 Å². The molecule has 0 unspecified atom stereocenters. The van der Waals surface area contributed by atoms with E-state index < -0.39 is 0 Å². The highest BCUT2D eigenvalue weighted by atomic mass is 79.9. The smallest absolute Gasteiger partial charge is 0.146 e. The molecule has 2 N–H and O–H groups in total. The topological polar surface area (TPSA) is 63.3 Å². The summed E-state index contributed by atoms with van der Waals surface area (Å²) in [5, 5.41) is 14.2. The summed E-state index contributed by atoms with van der Waals surface area (Å²) >= 11 is 2.92. The summed E-state index contributed by atoms with van der Waals surface area (Å²) in [6, 6.07) is 0. The van der Waals surface area contributed by atoms with Gasteiger partial charge in [-0.1, -0.05) is 0 Å². The fraction of sp³-hybridized carbons (Fsp3) is 0.286. The van der Waals surface area contributed by atoms with Crippen LogP contribution in [-0.4, -0.2) is 35.8 Å². The molecule has 0 aliphatic heterocycles. The number of nitrogens with one attached hydrogen (secondary N) is 2. The Morgan fingerprint density at radius 2 is 1.92 bits per heavy atom. The number of allylic oxidation sites excluding steroid dienone is 1. The van der Waals surface area contributed by atoms with Gasteiger partial charge in [0.25, 0.3) is 0 Å². The largest absolute Gasteiger partial charge is 0.369 e. The van der Waals surface area contributed by atoms with Crippen LogP contribution in [0, 0.1) is 10.8 Å². The molecule has 0 amide bonds. The van der Waals surface area contributed by atoms with Crippen LogP contribution in [0.4, 0.5) is 0 Å². The minimum absolute atomic E-state index is 0.118. The highest BCUT2D eigenvalue weighted by Gasteiger charge is 1.85. The lowest BCUT2D eigenvalue weighted by Crippen LogP contribution is -2.08. The minimum Gasteiger partial charge on any atom is -0.369 e. The van der Waals surface area contributed by atoms with Crippen molar-refractivity contribution in [1.82, 2.24) is 4.90 Å². The highest BCUT2D eigenvalue weighted by Crippen LogP contribution is 1.88. The zero-order valence-electron chi connectivity index (χ0n) is 7.00. The maximum absolute atomic E-state index is 7.25. The Morgan fingerprint density at radius 3 is 2.33 bits per heavy atom. The molecule has 0 heterocycles. The molecule has 0 aliphatic rings. The van der Waals surface area contributed by atoms with Crippen molar-refractivity contribution in [3.63, 3.8) is 0 Å². The van der Waals surface area contributed by atoms with Gasteiger partial charge in [-0.05, 0) is 28.1 Å². The first kappa shape index (κ1) is 11.0. The Morgan fingerprint density at radius 1 is 1.33 bits per heavy atom. The van der Waals surface area contributed by atoms with Gasteiger partial charge in [0.1, 0.15) is 5.84 Å². The van der Waals surface area contributed by atoms with E-state index in [1.807, 2.05) is 14.1 Å². The second-order valence-corrected chi connectivity index (χ2v) is 3.13. The Kier molecular flexibility index (Phi) is 5.19. The standard InChI is InChI=1S/C7H11BrN4/c1-12(2)5-11-7(10)4-3-6(8)9/h3-5,9-10H,1-2H3/b4-3-,9-6?,10-7?,11-5+. The third-order valence-electron chi connectivity index (χ3n) is 0.815. The van der Waals surface area contributed by atoms with Crippen molar-refractivity contribution in [3.05, 3.63) is 12.2 Å². The summed E-state index contributed by atoms with van der Waals surface area (Å²) in [5.41, 5.74) is 0. The summed E-state index contributed by atoms with van der Waals surface area (Å²) < 4.78 is 0.229. The molecule has 0 bridgehead atoms. The van der Waals surface area contributed by atoms with Crippen molar-refractivity contribution < 1.29 is 0 Å². The molecule has 0 aliphatic carbocycles. The number of halogens is 1. The molecule has 0 spiro atoms. The molecule has 0 aromatic heterocycles. The normalized spacial score (nSPS) is 10.9. The Bertz CT molecular complexity index is 230. The van der Waals surface area contributed by atoms with Crippen molar-refractivity contribution in [2.75, 3.05) is 14.1 Å². The van der Waals surface area contributed by atoms with Crippen LogP contribution in [0.15, 0.2) is 17.1 Å². The van der Waals surface area contributed by atoms with Gasteiger partial charge < -0.3 is 4.90 Å². The average molecular weight is 231 g/mol. The molecule has 0 atom stereocenters. The van der Waals surface area contributed by atoms with Crippen LogP contribution in [0.2, 0.25) is 0 Å². The zero-order valence-corrected chi connectivity index (χ0v) is 8.59. The lowest BCUT2D eigenvalue weighted by atomic mass is 10.5. The maximum atomic E-state index is 7.25. The minimum atomic E-state index is 0.118. The Hall–Kier alpha value is -0.970. The first-order valence-electron chi connectivity index (χ1n) is 3.23. The van der Waals surface area contributed by atoms with Crippen LogP contribution in [0.1, 0.15) is 0 Å². The van der Waals surface area contributed by atoms with E-state index in [1.165, 1.54) is 18.5 Å². The van der Waals surface area contributed by atoms with Crippen molar-refractivity contribution in [1.29, 1.82) is 10.8 Å². The van der Waals surface area contributed by atoms with Gasteiger partial charge in [0.15, 0.2) is 0 Å². The SMILES string of the molecule is CN(C)/C=N/C(=N)/C=C\C(=N)Br. The Labute approximate surface area is 80.1 Å². The average Bonchev–Trinajstić information content (AvgIpc) is 1.96. The van der Waals surface area contributed by atoms with Crippen LogP contribution in [0.3, 0.4) is 0 Å². The zero-order chi connectivity index (χ0) is 9.56. The number of amidine groups is 1. The van der Waals surface area contributed by atoms with Gasteiger partial charge in [-0.2, -0.15) is 0 Å². The van der Waals surface area contributed by atoms with Gasteiger partial charge in [-0.3, -0.25) is 10.8 Å². The van der Waals surface area contributed by atoms with E-state index in [9.17, 15) is 0 Å². The van der Waals surface area contributed by atoms with E-state index in [2.05, 4.69) is 20.9 Å². The van der Waals surface area contributed by atoms with Gasteiger partial charge in [-0.15, -0.1) is 0 Å². The molecule has 0 aromatic rings. The number of rotatable bonds is 3. The lowest BCUT2D eigenvalue weighted by molar-refractivity contribution is 0.644. The second-order valence-electron chi connectivity index (χ2n) is 2.27. The summed E-state index contributed by atoms with van der Waals surface area (Å²) in [4.78, 5) is 5.51. The number of aliphatic imine (C=N–C) groups is 1. The van der Waals surface area contributed by atoms with Crippen molar-refractivity contribution in [2.24, 2.45) is 4.99 Å². The van der Waals surface area contributed by atoms with E-state index >= 15 is 0 Å². The molecular formula is C7H11BrN4. The first-order valence-corrected chi connectivity index (χ1v) is 4.03. The molecule has 0 fully saturated rings. The summed E-state index contributed by atoms with van der Waals surface area (Å²) in [6.07, 6.45) is 4.43. The molecule has 12 heavy (non-hydrogen) atoms. The third-order valence-corrected chi connectivity index (χ3v) is 1.08. The van der Waals surface area contributed by atoms with E-state index in [0.717, 1.165) is 0 Å². The fourth-order valence-electron chi connectivity index (χ4n) is 0.373. The Balaban J connectivity index is 3.98. The summed E-state index contributed by atoms with van der Waals surface area (Å²) in [6.45, 7) is 0. The number of hydrogen-bond donors (Lipinski definition) is 2. The number of nitrogens with zero attached hydrogens (tertiary/aromatic N) is 2. The molecule has 0 aromatic carbocycles. The van der Waals surface area contributed by atoms with E-state index in [0.29, 0.717) is 0 Å². The number of hydrogen-bond acceptors (Lipinski definition) is 2. The molecule has 66 valence electrons. The lowest BCUT2D eigenvalue weighted by Gasteiger charge is -2.00. The van der Waals surface area contributed by atoms with Crippen LogP contribution >= 0.6 is 15.9 Å². The molecule has 4 nitrogen and oxygen atoms in total. The molecular weight excluding hydrogens is 220 g/mol. The van der Waals surface area contributed by atoms with E-state index in [-0.39, 0.29) is 10.5 Å². The van der Waals surface area contributed by atoms with Crippen molar-refractivity contribution in [3.8, 4) is 0 Å². The fourth-order valence-corrected chi connectivity index (χ4v) is 0.505. The predicted octanol–water partition coefficient (Wildman–Crippen LogP) is 1.48. The monoisotopic (exact) mass is 230 g/mol. The van der Waals surface area contributed by atoms with Crippen molar-refractivity contribution >= 4 is 32.7 Å². The van der Waals surface area contributed by atoms with E-state index in [1.54, 1.807) is 4.90 Å². The molecule has 0 saturated heterocycles. The molecule has 0 rings (SSSR count). The second kappa shape index (κ2) is 5.65. The van der Waals surface area contributed by atoms with Gasteiger partial charge >= 0.3 is 0 Å². The van der Waals surface area contributed by atoms with E-state index in [4.69, 9.17) is 10.8 Å². The van der Waals surface area contributed by atoms with Gasteiger partial charge in [0, 0.05) is 14.1 Å². The van der Waals surface area contributed by atoms with Gasteiger partial charge in [-0.25, -0.2) is 4.99 Å². The van der Waals surface area contributed by atoms with Crippen LogP contribution in [0.5, 0.6) is 0 Å².